The summed E-state index contributed by atoms with van der Waals surface area (Å²) < 4.78 is 0.939. The number of rotatable bonds is 2. The SMILES string of the molecule is Cc1ccc2ccc(C(=O)Nc3nc4c(Cl)cccc4s3)cc2n1. The van der Waals surface area contributed by atoms with Crippen LogP contribution in [0.1, 0.15) is 16.1 Å². The zero-order chi connectivity index (χ0) is 16.7. The van der Waals surface area contributed by atoms with Crippen molar-refractivity contribution in [3.63, 3.8) is 0 Å². The average molecular weight is 354 g/mol. The molecule has 4 nitrogen and oxygen atoms in total. The van der Waals surface area contributed by atoms with Crippen LogP contribution in [0.4, 0.5) is 5.13 Å². The molecule has 1 amide bonds. The van der Waals surface area contributed by atoms with E-state index in [1.807, 2.05) is 37.3 Å². The second kappa shape index (κ2) is 5.85. The van der Waals surface area contributed by atoms with Gasteiger partial charge in [0.1, 0.15) is 5.52 Å². The highest BCUT2D eigenvalue weighted by molar-refractivity contribution is 7.22. The number of para-hydroxylation sites is 1. The lowest BCUT2D eigenvalue weighted by atomic mass is 10.1. The molecule has 0 radical (unpaired) electrons. The van der Waals surface area contributed by atoms with Crippen LogP contribution in [0.3, 0.4) is 0 Å². The molecule has 118 valence electrons. The van der Waals surface area contributed by atoms with Gasteiger partial charge in [-0.15, -0.1) is 0 Å². The molecule has 4 rings (SSSR count). The Morgan fingerprint density at radius 3 is 2.79 bits per heavy atom. The first-order valence-electron chi connectivity index (χ1n) is 7.34. The number of aryl methyl sites for hydroxylation is 1. The summed E-state index contributed by atoms with van der Waals surface area (Å²) in [5.74, 6) is -0.213. The first-order valence-corrected chi connectivity index (χ1v) is 8.53. The fourth-order valence-electron chi connectivity index (χ4n) is 2.50. The van der Waals surface area contributed by atoms with E-state index in [1.165, 1.54) is 11.3 Å². The van der Waals surface area contributed by atoms with Crippen molar-refractivity contribution in [3.8, 4) is 0 Å². The van der Waals surface area contributed by atoms with E-state index in [1.54, 1.807) is 18.2 Å². The van der Waals surface area contributed by atoms with Crippen molar-refractivity contribution in [3.05, 3.63) is 64.8 Å². The molecule has 0 bridgehead atoms. The Kier molecular flexibility index (Phi) is 3.67. The van der Waals surface area contributed by atoms with E-state index in [9.17, 15) is 4.79 Å². The molecule has 2 heterocycles. The topological polar surface area (TPSA) is 54.9 Å². The number of hydrogen-bond donors (Lipinski definition) is 1. The third kappa shape index (κ3) is 2.72. The molecule has 0 atom stereocenters. The van der Waals surface area contributed by atoms with Gasteiger partial charge in [-0.05, 0) is 37.3 Å². The van der Waals surface area contributed by atoms with Gasteiger partial charge in [0.25, 0.3) is 5.91 Å². The Morgan fingerprint density at radius 1 is 1.12 bits per heavy atom. The number of halogens is 1. The Morgan fingerprint density at radius 2 is 1.96 bits per heavy atom. The molecule has 6 heteroatoms. The van der Waals surface area contributed by atoms with E-state index in [4.69, 9.17) is 11.6 Å². The lowest BCUT2D eigenvalue weighted by molar-refractivity contribution is 0.102. The number of nitrogens with one attached hydrogen (secondary N) is 1. The van der Waals surface area contributed by atoms with E-state index in [0.29, 0.717) is 21.2 Å². The average Bonchev–Trinajstić information content (AvgIpc) is 2.98. The molecule has 0 spiro atoms. The monoisotopic (exact) mass is 353 g/mol. The quantitative estimate of drug-likeness (QED) is 0.548. The summed E-state index contributed by atoms with van der Waals surface area (Å²) in [7, 11) is 0. The zero-order valence-corrected chi connectivity index (χ0v) is 14.3. The highest BCUT2D eigenvalue weighted by atomic mass is 35.5. The van der Waals surface area contributed by atoms with Crippen molar-refractivity contribution < 1.29 is 4.79 Å². The van der Waals surface area contributed by atoms with Gasteiger partial charge in [-0.2, -0.15) is 0 Å². The fourth-order valence-corrected chi connectivity index (χ4v) is 3.66. The highest BCUT2D eigenvalue weighted by Crippen LogP contribution is 2.30. The maximum atomic E-state index is 12.5. The van der Waals surface area contributed by atoms with Crippen LogP contribution >= 0.6 is 22.9 Å². The molecule has 1 N–H and O–H groups in total. The maximum Gasteiger partial charge on any atom is 0.257 e. The van der Waals surface area contributed by atoms with Crippen molar-refractivity contribution in [1.82, 2.24) is 9.97 Å². The van der Waals surface area contributed by atoms with Gasteiger partial charge in [0, 0.05) is 16.6 Å². The lowest BCUT2D eigenvalue weighted by Crippen LogP contribution is -2.11. The minimum Gasteiger partial charge on any atom is -0.298 e. The van der Waals surface area contributed by atoms with Gasteiger partial charge < -0.3 is 0 Å². The Balaban J connectivity index is 1.66. The van der Waals surface area contributed by atoms with Crippen LogP contribution in [0.2, 0.25) is 5.02 Å². The Bertz CT molecular complexity index is 1090. The molecule has 2 aromatic heterocycles. The van der Waals surface area contributed by atoms with Gasteiger partial charge in [-0.3, -0.25) is 15.1 Å². The lowest BCUT2D eigenvalue weighted by Gasteiger charge is -2.04. The molecule has 2 aromatic carbocycles. The number of pyridine rings is 1. The number of aromatic nitrogens is 2. The molecule has 0 saturated heterocycles. The fraction of sp³-hybridized carbons (Fsp3) is 0.0556. The molecular formula is C18H12ClN3OS. The van der Waals surface area contributed by atoms with Gasteiger partial charge in [0.15, 0.2) is 5.13 Å². The van der Waals surface area contributed by atoms with Crippen LogP contribution in [0, 0.1) is 6.92 Å². The van der Waals surface area contributed by atoms with Crippen molar-refractivity contribution in [2.75, 3.05) is 5.32 Å². The van der Waals surface area contributed by atoms with Crippen LogP contribution in [0.25, 0.3) is 21.1 Å². The largest absolute Gasteiger partial charge is 0.298 e. The van der Waals surface area contributed by atoms with E-state index < -0.39 is 0 Å². The third-order valence-electron chi connectivity index (χ3n) is 3.68. The minimum absolute atomic E-state index is 0.213. The van der Waals surface area contributed by atoms with Gasteiger partial charge in [-0.25, -0.2) is 4.98 Å². The van der Waals surface area contributed by atoms with Gasteiger partial charge >= 0.3 is 0 Å². The smallest absolute Gasteiger partial charge is 0.257 e. The van der Waals surface area contributed by atoms with E-state index >= 15 is 0 Å². The van der Waals surface area contributed by atoms with Crippen LogP contribution in [0.15, 0.2) is 48.5 Å². The Labute approximate surface area is 147 Å². The number of anilines is 1. The number of fused-ring (bicyclic) bond motifs is 2. The summed E-state index contributed by atoms with van der Waals surface area (Å²) in [5.41, 5.74) is 2.97. The Hall–Kier alpha value is -2.50. The number of nitrogens with zero attached hydrogens (tertiary/aromatic N) is 2. The molecule has 4 aromatic rings. The molecule has 0 aliphatic heterocycles. The van der Waals surface area contributed by atoms with Crippen molar-refractivity contribution in [1.29, 1.82) is 0 Å². The molecule has 0 saturated carbocycles. The molecule has 24 heavy (non-hydrogen) atoms. The molecule has 0 fully saturated rings. The first kappa shape index (κ1) is 15.1. The number of carbonyl (C=O) groups is 1. The van der Waals surface area contributed by atoms with Crippen molar-refractivity contribution in [2.45, 2.75) is 6.92 Å². The normalized spacial score (nSPS) is 11.1. The van der Waals surface area contributed by atoms with Crippen LogP contribution in [0.5, 0.6) is 0 Å². The zero-order valence-electron chi connectivity index (χ0n) is 12.7. The molecule has 0 aliphatic carbocycles. The summed E-state index contributed by atoms with van der Waals surface area (Å²) in [6, 6.07) is 15.0. The van der Waals surface area contributed by atoms with E-state index in [-0.39, 0.29) is 5.91 Å². The van der Waals surface area contributed by atoms with Crippen LogP contribution < -0.4 is 5.32 Å². The number of amides is 1. The standard InChI is InChI=1S/C18H12ClN3OS/c1-10-5-6-11-7-8-12(9-14(11)20-10)17(23)22-18-21-16-13(19)3-2-4-15(16)24-18/h2-9H,1H3,(H,21,22,23). The summed E-state index contributed by atoms with van der Waals surface area (Å²) in [6.45, 7) is 1.93. The van der Waals surface area contributed by atoms with Gasteiger partial charge in [-0.1, -0.05) is 41.1 Å². The molecule has 0 aliphatic rings. The number of thiazole rings is 1. The highest BCUT2D eigenvalue weighted by Gasteiger charge is 2.12. The summed E-state index contributed by atoms with van der Waals surface area (Å²) in [6.07, 6.45) is 0. The van der Waals surface area contributed by atoms with Gasteiger partial charge in [0.2, 0.25) is 0 Å². The van der Waals surface area contributed by atoms with Crippen LogP contribution in [-0.4, -0.2) is 15.9 Å². The first-order chi connectivity index (χ1) is 11.6. The summed E-state index contributed by atoms with van der Waals surface area (Å²) in [4.78, 5) is 21.4. The van der Waals surface area contributed by atoms with E-state index in [2.05, 4.69) is 15.3 Å². The van der Waals surface area contributed by atoms with Crippen molar-refractivity contribution in [2.24, 2.45) is 0 Å². The second-order valence-electron chi connectivity index (χ2n) is 5.42. The van der Waals surface area contributed by atoms with Crippen LogP contribution in [-0.2, 0) is 0 Å². The number of hydrogen-bond acceptors (Lipinski definition) is 4. The predicted molar refractivity (Wildman–Crippen MR) is 99.1 cm³/mol. The molecule has 0 unspecified atom stereocenters. The summed E-state index contributed by atoms with van der Waals surface area (Å²) >= 11 is 7.52. The number of carbonyl (C=O) groups excluding carboxylic acids is 1. The molecular weight excluding hydrogens is 342 g/mol. The second-order valence-corrected chi connectivity index (χ2v) is 6.86. The number of benzene rings is 2. The van der Waals surface area contributed by atoms with E-state index in [0.717, 1.165) is 21.3 Å². The maximum absolute atomic E-state index is 12.5. The third-order valence-corrected chi connectivity index (χ3v) is 4.92. The minimum atomic E-state index is -0.213. The van der Waals surface area contributed by atoms with Crippen molar-refractivity contribution >= 4 is 55.1 Å². The predicted octanol–water partition coefficient (Wildman–Crippen LogP) is 5.06. The van der Waals surface area contributed by atoms with Gasteiger partial charge in [0.05, 0.1) is 15.2 Å². The summed E-state index contributed by atoms with van der Waals surface area (Å²) in [5, 5.41) is 4.95.